The lowest BCUT2D eigenvalue weighted by Gasteiger charge is -2.32. The van der Waals surface area contributed by atoms with E-state index in [1.807, 2.05) is 0 Å². The standard InChI is InChI=1S/C10H12N2O2/c13-9-5-4-7(9)12-10(14)8-3-1-2-6-11-8/h1-3,6-7,9,13H,4-5H2,(H,12,14). The maximum absolute atomic E-state index is 11.5. The average molecular weight is 192 g/mol. The highest BCUT2D eigenvalue weighted by Crippen LogP contribution is 2.19. The van der Waals surface area contributed by atoms with Gasteiger partial charge in [-0.1, -0.05) is 6.07 Å². The van der Waals surface area contributed by atoms with Gasteiger partial charge in [-0.15, -0.1) is 0 Å². The summed E-state index contributed by atoms with van der Waals surface area (Å²) in [7, 11) is 0. The monoisotopic (exact) mass is 192 g/mol. The number of rotatable bonds is 2. The summed E-state index contributed by atoms with van der Waals surface area (Å²) in [6.45, 7) is 0. The number of carbonyl (C=O) groups is 1. The van der Waals surface area contributed by atoms with Gasteiger partial charge in [-0.05, 0) is 25.0 Å². The van der Waals surface area contributed by atoms with Gasteiger partial charge in [0.05, 0.1) is 12.1 Å². The third kappa shape index (κ3) is 1.75. The molecule has 14 heavy (non-hydrogen) atoms. The molecule has 0 aliphatic heterocycles. The number of aliphatic hydroxyl groups excluding tert-OH is 1. The van der Waals surface area contributed by atoms with Crippen LogP contribution in [0.5, 0.6) is 0 Å². The summed E-state index contributed by atoms with van der Waals surface area (Å²) < 4.78 is 0. The lowest BCUT2D eigenvalue weighted by molar-refractivity contribution is 0.0445. The second-order valence-electron chi connectivity index (χ2n) is 3.44. The highest BCUT2D eigenvalue weighted by atomic mass is 16.3. The van der Waals surface area contributed by atoms with Crippen molar-refractivity contribution in [3.63, 3.8) is 0 Å². The normalized spacial score (nSPS) is 25.2. The minimum Gasteiger partial charge on any atom is -0.391 e. The first-order valence-electron chi connectivity index (χ1n) is 4.67. The molecular weight excluding hydrogens is 180 g/mol. The number of pyridine rings is 1. The van der Waals surface area contributed by atoms with Crippen LogP contribution in [0.4, 0.5) is 0 Å². The smallest absolute Gasteiger partial charge is 0.270 e. The van der Waals surface area contributed by atoms with Crippen molar-refractivity contribution in [2.45, 2.75) is 25.0 Å². The van der Waals surface area contributed by atoms with E-state index in [-0.39, 0.29) is 18.1 Å². The van der Waals surface area contributed by atoms with Gasteiger partial charge < -0.3 is 10.4 Å². The Hall–Kier alpha value is -1.42. The number of aromatic nitrogens is 1. The Morgan fingerprint density at radius 3 is 2.86 bits per heavy atom. The molecule has 0 spiro atoms. The number of amides is 1. The fourth-order valence-corrected chi connectivity index (χ4v) is 1.39. The van der Waals surface area contributed by atoms with Gasteiger partial charge in [-0.25, -0.2) is 0 Å². The van der Waals surface area contributed by atoms with E-state index in [4.69, 9.17) is 0 Å². The molecule has 1 aliphatic carbocycles. The SMILES string of the molecule is O=C(NC1CCC1O)c1ccccn1. The Balaban J connectivity index is 1.96. The van der Waals surface area contributed by atoms with Crippen molar-refractivity contribution < 1.29 is 9.90 Å². The zero-order valence-corrected chi connectivity index (χ0v) is 7.68. The Morgan fingerprint density at radius 2 is 2.36 bits per heavy atom. The summed E-state index contributed by atoms with van der Waals surface area (Å²) in [5.41, 5.74) is 0.395. The van der Waals surface area contributed by atoms with Crippen LogP contribution in [-0.2, 0) is 0 Å². The summed E-state index contributed by atoms with van der Waals surface area (Å²) in [5, 5.41) is 12.0. The minimum absolute atomic E-state index is 0.0930. The van der Waals surface area contributed by atoms with Crippen LogP contribution in [-0.4, -0.2) is 28.1 Å². The quantitative estimate of drug-likeness (QED) is 0.710. The molecule has 1 fully saturated rings. The van der Waals surface area contributed by atoms with Gasteiger partial charge in [0.25, 0.3) is 5.91 Å². The zero-order chi connectivity index (χ0) is 9.97. The number of nitrogens with zero attached hydrogens (tertiary/aromatic N) is 1. The molecule has 1 saturated carbocycles. The van der Waals surface area contributed by atoms with Crippen LogP contribution < -0.4 is 5.32 Å². The lowest BCUT2D eigenvalue weighted by atomic mass is 9.89. The molecule has 1 aliphatic rings. The molecule has 2 unspecified atom stereocenters. The first-order chi connectivity index (χ1) is 6.77. The molecule has 4 heteroatoms. The maximum Gasteiger partial charge on any atom is 0.270 e. The number of hydrogen-bond acceptors (Lipinski definition) is 3. The zero-order valence-electron chi connectivity index (χ0n) is 7.68. The predicted octanol–water partition coefficient (Wildman–Crippen LogP) is 0.335. The molecule has 2 N–H and O–H groups in total. The summed E-state index contributed by atoms with van der Waals surface area (Å²) in [6, 6.07) is 5.08. The van der Waals surface area contributed by atoms with E-state index in [9.17, 15) is 9.90 Å². The van der Waals surface area contributed by atoms with E-state index >= 15 is 0 Å². The molecule has 1 amide bonds. The average Bonchev–Trinajstić information content (AvgIpc) is 2.24. The van der Waals surface area contributed by atoms with Gasteiger partial charge in [0.15, 0.2) is 0 Å². The van der Waals surface area contributed by atoms with E-state index in [0.29, 0.717) is 5.69 Å². The van der Waals surface area contributed by atoms with Crippen molar-refractivity contribution in [1.29, 1.82) is 0 Å². The molecule has 0 radical (unpaired) electrons. The number of nitrogens with one attached hydrogen (secondary N) is 1. The summed E-state index contributed by atoms with van der Waals surface area (Å²) in [6.07, 6.45) is 2.81. The second-order valence-corrected chi connectivity index (χ2v) is 3.44. The number of carbonyl (C=O) groups excluding carboxylic acids is 1. The second kappa shape index (κ2) is 3.75. The third-order valence-electron chi connectivity index (χ3n) is 2.45. The molecule has 2 rings (SSSR count). The molecule has 0 aromatic carbocycles. The van der Waals surface area contributed by atoms with E-state index in [1.165, 1.54) is 0 Å². The highest BCUT2D eigenvalue weighted by Gasteiger charge is 2.30. The number of hydrogen-bond donors (Lipinski definition) is 2. The van der Waals surface area contributed by atoms with Crippen LogP contribution in [0.2, 0.25) is 0 Å². The van der Waals surface area contributed by atoms with Crippen molar-refractivity contribution in [3.8, 4) is 0 Å². The maximum atomic E-state index is 11.5. The Morgan fingerprint density at radius 1 is 1.50 bits per heavy atom. The molecule has 0 saturated heterocycles. The molecule has 1 aromatic heterocycles. The summed E-state index contributed by atoms with van der Waals surface area (Å²) >= 11 is 0. The molecule has 74 valence electrons. The molecular formula is C10H12N2O2. The fraction of sp³-hybridized carbons (Fsp3) is 0.400. The summed E-state index contributed by atoms with van der Waals surface area (Å²) in [4.78, 5) is 15.4. The predicted molar refractivity (Wildman–Crippen MR) is 50.7 cm³/mol. The third-order valence-corrected chi connectivity index (χ3v) is 2.45. The molecule has 1 heterocycles. The molecule has 1 aromatic rings. The van der Waals surface area contributed by atoms with Gasteiger partial charge in [-0.2, -0.15) is 0 Å². The highest BCUT2D eigenvalue weighted by molar-refractivity contribution is 5.92. The van der Waals surface area contributed by atoms with Crippen molar-refractivity contribution in [1.82, 2.24) is 10.3 Å². The summed E-state index contributed by atoms with van der Waals surface area (Å²) in [5.74, 6) is -0.214. The van der Waals surface area contributed by atoms with Gasteiger partial charge in [-0.3, -0.25) is 9.78 Å². The topological polar surface area (TPSA) is 62.2 Å². The van der Waals surface area contributed by atoms with Crippen LogP contribution >= 0.6 is 0 Å². The Kier molecular flexibility index (Phi) is 2.45. The van der Waals surface area contributed by atoms with E-state index in [1.54, 1.807) is 24.4 Å². The van der Waals surface area contributed by atoms with Crippen LogP contribution in [0.1, 0.15) is 23.3 Å². The molecule has 0 bridgehead atoms. The van der Waals surface area contributed by atoms with Crippen LogP contribution in [0.3, 0.4) is 0 Å². The first-order valence-corrected chi connectivity index (χ1v) is 4.67. The van der Waals surface area contributed by atoms with Crippen LogP contribution in [0, 0.1) is 0 Å². The van der Waals surface area contributed by atoms with Gasteiger partial charge in [0.1, 0.15) is 5.69 Å². The van der Waals surface area contributed by atoms with Gasteiger partial charge in [0.2, 0.25) is 0 Å². The van der Waals surface area contributed by atoms with E-state index in [2.05, 4.69) is 10.3 Å². The largest absolute Gasteiger partial charge is 0.391 e. The van der Waals surface area contributed by atoms with E-state index < -0.39 is 0 Å². The fourth-order valence-electron chi connectivity index (χ4n) is 1.39. The Bertz CT molecular complexity index is 326. The van der Waals surface area contributed by atoms with Gasteiger partial charge in [0, 0.05) is 6.20 Å². The van der Waals surface area contributed by atoms with Crippen molar-refractivity contribution in [2.24, 2.45) is 0 Å². The Labute approximate surface area is 82.0 Å². The minimum atomic E-state index is -0.386. The van der Waals surface area contributed by atoms with Crippen LogP contribution in [0.15, 0.2) is 24.4 Å². The molecule has 4 nitrogen and oxygen atoms in total. The van der Waals surface area contributed by atoms with Crippen molar-refractivity contribution in [2.75, 3.05) is 0 Å². The van der Waals surface area contributed by atoms with Crippen molar-refractivity contribution in [3.05, 3.63) is 30.1 Å². The lowest BCUT2D eigenvalue weighted by Crippen LogP contribution is -2.50. The first kappa shape index (κ1) is 9.15. The van der Waals surface area contributed by atoms with Gasteiger partial charge >= 0.3 is 0 Å². The number of aliphatic hydroxyl groups is 1. The van der Waals surface area contributed by atoms with E-state index in [0.717, 1.165) is 12.8 Å². The molecule has 2 atom stereocenters. The van der Waals surface area contributed by atoms with Crippen molar-refractivity contribution >= 4 is 5.91 Å². The van der Waals surface area contributed by atoms with Crippen LogP contribution in [0.25, 0.3) is 0 Å².